The molecule has 0 saturated heterocycles. The quantitative estimate of drug-likeness (QED) is 0.407. The zero-order valence-electron chi connectivity index (χ0n) is 12.5. The van der Waals surface area contributed by atoms with Crippen LogP contribution < -0.4 is 10.6 Å². The van der Waals surface area contributed by atoms with Crippen molar-refractivity contribution in [3.63, 3.8) is 0 Å². The molecule has 1 heterocycles. The van der Waals surface area contributed by atoms with Crippen molar-refractivity contribution in [3.05, 3.63) is 24.2 Å². The summed E-state index contributed by atoms with van der Waals surface area (Å²) in [6.45, 7) is 4.69. The highest BCUT2D eigenvalue weighted by Gasteiger charge is 2.03. The van der Waals surface area contributed by atoms with Gasteiger partial charge in [-0.3, -0.25) is 4.99 Å². The Balaban J connectivity index is 2.04. The lowest BCUT2D eigenvalue weighted by atomic mass is 10.4. The summed E-state index contributed by atoms with van der Waals surface area (Å²) in [4.78, 5) is 4.15. The number of nitrogens with one attached hydrogen (secondary N) is 2. The second kappa shape index (κ2) is 10.3. The van der Waals surface area contributed by atoms with Crippen LogP contribution in [0.15, 0.2) is 27.8 Å². The van der Waals surface area contributed by atoms with E-state index in [-0.39, 0.29) is 6.04 Å². The van der Waals surface area contributed by atoms with Crippen LogP contribution in [-0.4, -0.2) is 45.9 Å². The molecule has 0 aliphatic rings. The summed E-state index contributed by atoms with van der Waals surface area (Å²) in [6.07, 6.45) is 2.55. The molecule has 0 bridgehead atoms. The molecule has 0 aliphatic carbocycles. The molecule has 0 spiro atoms. The average molecular weight is 283 g/mol. The lowest BCUT2D eigenvalue weighted by Crippen LogP contribution is -2.44. The predicted molar refractivity (Wildman–Crippen MR) is 78.8 cm³/mol. The Morgan fingerprint density at radius 2 is 2.35 bits per heavy atom. The highest BCUT2D eigenvalue weighted by atomic mass is 16.5. The van der Waals surface area contributed by atoms with Crippen molar-refractivity contribution in [1.82, 2.24) is 10.6 Å². The number of methoxy groups -OCH3 is 1. The van der Waals surface area contributed by atoms with Crippen LogP contribution >= 0.6 is 0 Å². The largest absolute Gasteiger partial charge is 0.467 e. The van der Waals surface area contributed by atoms with Crippen LogP contribution in [0.1, 0.15) is 19.1 Å². The summed E-state index contributed by atoms with van der Waals surface area (Å²) in [5, 5.41) is 6.47. The average Bonchev–Trinajstić information content (AvgIpc) is 2.94. The van der Waals surface area contributed by atoms with Gasteiger partial charge in [-0.1, -0.05) is 0 Å². The Kier molecular flexibility index (Phi) is 8.49. The Morgan fingerprint density at radius 1 is 1.50 bits per heavy atom. The molecule has 0 fully saturated rings. The normalized spacial score (nSPS) is 13.2. The standard InChI is InChI=1S/C14H25N3O3/c1-12(10-18-3)17-14(15-2)16-7-5-8-19-11-13-6-4-9-20-13/h4,6,9,12H,5,7-8,10-11H2,1-3H3,(H2,15,16,17). The van der Waals surface area contributed by atoms with Crippen molar-refractivity contribution in [2.24, 2.45) is 4.99 Å². The molecule has 1 aromatic rings. The first-order valence-corrected chi connectivity index (χ1v) is 6.82. The molecule has 1 atom stereocenters. The molecule has 1 rings (SSSR count). The Bertz CT molecular complexity index is 366. The van der Waals surface area contributed by atoms with Gasteiger partial charge >= 0.3 is 0 Å². The summed E-state index contributed by atoms with van der Waals surface area (Å²) in [7, 11) is 3.44. The minimum atomic E-state index is 0.224. The Morgan fingerprint density at radius 3 is 3.00 bits per heavy atom. The fraction of sp³-hybridized carbons (Fsp3) is 0.643. The van der Waals surface area contributed by atoms with Crippen LogP contribution in [0.4, 0.5) is 0 Å². The fourth-order valence-electron chi connectivity index (χ4n) is 1.67. The van der Waals surface area contributed by atoms with Gasteiger partial charge in [-0.15, -0.1) is 0 Å². The van der Waals surface area contributed by atoms with Crippen molar-refractivity contribution in [1.29, 1.82) is 0 Å². The van der Waals surface area contributed by atoms with E-state index >= 15 is 0 Å². The van der Waals surface area contributed by atoms with Gasteiger partial charge in [0.25, 0.3) is 0 Å². The molecule has 114 valence electrons. The maximum atomic E-state index is 5.50. The fourth-order valence-corrected chi connectivity index (χ4v) is 1.67. The van der Waals surface area contributed by atoms with Crippen molar-refractivity contribution < 1.29 is 13.9 Å². The van der Waals surface area contributed by atoms with E-state index in [1.807, 2.05) is 19.1 Å². The van der Waals surface area contributed by atoms with Crippen molar-refractivity contribution in [3.8, 4) is 0 Å². The Hall–Kier alpha value is -1.53. The maximum absolute atomic E-state index is 5.50. The van der Waals surface area contributed by atoms with Gasteiger partial charge in [0.2, 0.25) is 0 Å². The van der Waals surface area contributed by atoms with E-state index in [9.17, 15) is 0 Å². The van der Waals surface area contributed by atoms with E-state index in [0.717, 1.165) is 24.7 Å². The number of ether oxygens (including phenoxy) is 2. The predicted octanol–water partition coefficient (Wildman–Crippen LogP) is 1.39. The maximum Gasteiger partial charge on any atom is 0.191 e. The van der Waals surface area contributed by atoms with Gasteiger partial charge in [-0.05, 0) is 25.5 Å². The molecule has 6 heteroatoms. The third kappa shape index (κ3) is 7.16. The van der Waals surface area contributed by atoms with Crippen molar-refractivity contribution >= 4 is 5.96 Å². The first kappa shape index (κ1) is 16.5. The molecular weight excluding hydrogens is 258 g/mol. The van der Waals surface area contributed by atoms with E-state index in [1.54, 1.807) is 20.4 Å². The van der Waals surface area contributed by atoms with Gasteiger partial charge in [0.05, 0.1) is 12.9 Å². The third-order valence-corrected chi connectivity index (χ3v) is 2.61. The SMILES string of the molecule is CN=C(NCCCOCc1ccco1)NC(C)COC. The number of guanidine groups is 1. The minimum Gasteiger partial charge on any atom is -0.467 e. The highest BCUT2D eigenvalue weighted by Crippen LogP contribution is 2.01. The summed E-state index contributed by atoms with van der Waals surface area (Å²) >= 11 is 0. The minimum absolute atomic E-state index is 0.224. The first-order valence-electron chi connectivity index (χ1n) is 6.82. The molecule has 0 radical (unpaired) electrons. The number of furan rings is 1. The zero-order valence-corrected chi connectivity index (χ0v) is 12.5. The smallest absolute Gasteiger partial charge is 0.191 e. The van der Waals surface area contributed by atoms with E-state index < -0.39 is 0 Å². The van der Waals surface area contributed by atoms with Gasteiger partial charge in [-0.2, -0.15) is 0 Å². The van der Waals surface area contributed by atoms with Crippen molar-refractivity contribution in [2.75, 3.05) is 33.9 Å². The highest BCUT2D eigenvalue weighted by molar-refractivity contribution is 5.79. The van der Waals surface area contributed by atoms with Crippen LogP contribution in [0.25, 0.3) is 0 Å². The molecular formula is C14H25N3O3. The third-order valence-electron chi connectivity index (χ3n) is 2.61. The zero-order chi connectivity index (χ0) is 14.6. The molecule has 0 amide bonds. The van der Waals surface area contributed by atoms with Crippen molar-refractivity contribution in [2.45, 2.75) is 26.0 Å². The molecule has 6 nitrogen and oxygen atoms in total. The van der Waals surface area contributed by atoms with Gasteiger partial charge in [-0.25, -0.2) is 0 Å². The van der Waals surface area contributed by atoms with E-state index in [1.165, 1.54) is 0 Å². The second-order valence-corrected chi connectivity index (χ2v) is 4.49. The van der Waals surface area contributed by atoms with Crippen LogP contribution in [0.5, 0.6) is 0 Å². The first-order chi connectivity index (χ1) is 9.76. The molecule has 2 N–H and O–H groups in total. The summed E-state index contributed by atoms with van der Waals surface area (Å²) < 4.78 is 15.7. The summed E-state index contributed by atoms with van der Waals surface area (Å²) in [5.74, 6) is 1.63. The van der Waals surface area contributed by atoms with Gasteiger partial charge in [0.15, 0.2) is 5.96 Å². The van der Waals surface area contributed by atoms with E-state index in [4.69, 9.17) is 13.9 Å². The Labute approximate surface area is 120 Å². The number of hydrogen-bond acceptors (Lipinski definition) is 4. The molecule has 0 aromatic carbocycles. The topological polar surface area (TPSA) is 68.0 Å². The molecule has 1 unspecified atom stereocenters. The monoisotopic (exact) mass is 283 g/mol. The van der Waals surface area contributed by atoms with E-state index in [2.05, 4.69) is 15.6 Å². The van der Waals surface area contributed by atoms with Crippen LogP contribution in [0, 0.1) is 0 Å². The number of aliphatic imine (C=N–C) groups is 1. The molecule has 0 aliphatic heterocycles. The van der Waals surface area contributed by atoms with Gasteiger partial charge < -0.3 is 24.5 Å². The van der Waals surface area contributed by atoms with Gasteiger partial charge in [0.1, 0.15) is 12.4 Å². The van der Waals surface area contributed by atoms with Gasteiger partial charge in [0, 0.05) is 33.4 Å². The summed E-state index contributed by atoms with van der Waals surface area (Å²) in [6, 6.07) is 3.99. The lowest BCUT2D eigenvalue weighted by molar-refractivity contribution is 0.105. The summed E-state index contributed by atoms with van der Waals surface area (Å²) in [5.41, 5.74) is 0. The number of hydrogen-bond donors (Lipinski definition) is 2. The molecule has 1 aromatic heterocycles. The van der Waals surface area contributed by atoms with Crippen LogP contribution in [0.3, 0.4) is 0 Å². The number of nitrogens with zero attached hydrogens (tertiary/aromatic N) is 1. The number of rotatable bonds is 9. The molecule has 20 heavy (non-hydrogen) atoms. The van der Waals surface area contributed by atoms with E-state index in [0.29, 0.717) is 19.8 Å². The lowest BCUT2D eigenvalue weighted by Gasteiger charge is -2.17. The van der Waals surface area contributed by atoms with Crippen LogP contribution in [-0.2, 0) is 16.1 Å². The molecule has 0 saturated carbocycles. The second-order valence-electron chi connectivity index (χ2n) is 4.49. The van der Waals surface area contributed by atoms with Crippen LogP contribution in [0.2, 0.25) is 0 Å².